The Hall–Kier alpha value is -1.71. The quantitative estimate of drug-likeness (QED) is 0.669. The molecule has 0 amide bonds. The number of nitrogens with one attached hydrogen (secondary N) is 1. The number of aromatic amines is 1. The first-order chi connectivity index (χ1) is 7.83. The van der Waals surface area contributed by atoms with E-state index in [1.165, 1.54) is 0 Å². The van der Waals surface area contributed by atoms with Crippen molar-refractivity contribution in [2.75, 3.05) is 5.73 Å². The molecule has 3 rings (SSSR count). The second-order valence-electron chi connectivity index (χ2n) is 3.72. The van der Waals surface area contributed by atoms with Crippen molar-refractivity contribution in [1.29, 1.82) is 0 Å². The van der Waals surface area contributed by atoms with Crippen LogP contribution in [0.25, 0.3) is 22.4 Å². The molecule has 0 saturated heterocycles. The maximum atomic E-state index is 5.65. The number of fused-ring (bicyclic) bond motifs is 1. The van der Waals surface area contributed by atoms with Crippen LogP contribution in [-0.2, 0) is 0 Å². The minimum atomic E-state index is 0. The number of hydrogen-bond donors (Lipinski definition) is 2. The van der Waals surface area contributed by atoms with Gasteiger partial charge in [-0.25, -0.2) is 4.98 Å². The van der Waals surface area contributed by atoms with Gasteiger partial charge in [0.25, 0.3) is 0 Å². The summed E-state index contributed by atoms with van der Waals surface area (Å²) in [4.78, 5) is 7.80. The third-order valence-corrected chi connectivity index (χ3v) is 2.57. The number of aromatic nitrogens is 2. The summed E-state index contributed by atoms with van der Waals surface area (Å²) in [5.41, 5.74) is 9.49. The number of rotatable bonds is 1. The van der Waals surface area contributed by atoms with Crippen molar-refractivity contribution in [3.05, 3.63) is 48.5 Å². The van der Waals surface area contributed by atoms with E-state index in [1.54, 1.807) is 0 Å². The van der Waals surface area contributed by atoms with Crippen molar-refractivity contribution in [2.45, 2.75) is 0 Å². The lowest BCUT2D eigenvalue weighted by Gasteiger charge is -1.96. The summed E-state index contributed by atoms with van der Waals surface area (Å²) < 4.78 is 0. The topological polar surface area (TPSA) is 54.7 Å². The summed E-state index contributed by atoms with van der Waals surface area (Å²) in [6.45, 7) is 0. The Labute approximate surface area is 117 Å². The van der Waals surface area contributed by atoms with Gasteiger partial charge in [-0.1, -0.05) is 12.1 Å². The first kappa shape index (κ1) is 14.4. The molecule has 0 saturated carbocycles. The molecule has 0 aliphatic rings. The van der Waals surface area contributed by atoms with Gasteiger partial charge in [0.1, 0.15) is 5.82 Å². The summed E-state index contributed by atoms with van der Waals surface area (Å²) in [5, 5.41) is 0. The molecular formula is C13H13Cl2N3. The zero-order valence-corrected chi connectivity index (χ0v) is 11.1. The van der Waals surface area contributed by atoms with Crippen molar-refractivity contribution in [1.82, 2.24) is 9.97 Å². The molecular weight excluding hydrogens is 269 g/mol. The van der Waals surface area contributed by atoms with E-state index in [0.29, 0.717) is 0 Å². The average molecular weight is 282 g/mol. The molecule has 94 valence electrons. The van der Waals surface area contributed by atoms with E-state index in [2.05, 4.69) is 9.97 Å². The average Bonchev–Trinajstić information content (AvgIpc) is 2.73. The maximum Gasteiger partial charge on any atom is 0.138 e. The van der Waals surface area contributed by atoms with Crippen LogP contribution in [0.5, 0.6) is 0 Å². The zero-order valence-electron chi connectivity index (χ0n) is 9.46. The van der Waals surface area contributed by atoms with Gasteiger partial charge >= 0.3 is 0 Å². The van der Waals surface area contributed by atoms with E-state index in [1.807, 2.05) is 48.5 Å². The molecule has 1 aromatic heterocycles. The molecule has 0 atom stereocenters. The first-order valence-electron chi connectivity index (χ1n) is 5.13. The van der Waals surface area contributed by atoms with Gasteiger partial charge in [-0.15, -0.1) is 24.8 Å². The highest BCUT2D eigenvalue weighted by Crippen LogP contribution is 2.20. The smallest absolute Gasteiger partial charge is 0.138 e. The van der Waals surface area contributed by atoms with Crippen molar-refractivity contribution in [3.8, 4) is 11.4 Å². The number of hydrogen-bond acceptors (Lipinski definition) is 2. The fourth-order valence-corrected chi connectivity index (χ4v) is 1.73. The number of para-hydroxylation sites is 2. The second kappa shape index (κ2) is 5.76. The van der Waals surface area contributed by atoms with Gasteiger partial charge < -0.3 is 10.7 Å². The van der Waals surface area contributed by atoms with Crippen LogP contribution < -0.4 is 5.73 Å². The summed E-state index contributed by atoms with van der Waals surface area (Å²) in [5.74, 6) is 0.876. The Morgan fingerprint density at radius 3 is 2.22 bits per heavy atom. The number of halogens is 2. The fourth-order valence-electron chi connectivity index (χ4n) is 1.73. The highest BCUT2D eigenvalue weighted by molar-refractivity contribution is 5.85. The van der Waals surface area contributed by atoms with Gasteiger partial charge in [0, 0.05) is 11.3 Å². The van der Waals surface area contributed by atoms with E-state index in [0.717, 1.165) is 28.1 Å². The lowest BCUT2D eigenvalue weighted by atomic mass is 10.2. The molecule has 1 heterocycles. The van der Waals surface area contributed by atoms with Gasteiger partial charge in [0.05, 0.1) is 11.0 Å². The van der Waals surface area contributed by atoms with Crippen LogP contribution in [0.1, 0.15) is 0 Å². The van der Waals surface area contributed by atoms with E-state index in [-0.39, 0.29) is 24.8 Å². The molecule has 5 heteroatoms. The predicted molar refractivity (Wildman–Crippen MR) is 80.4 cm³/mol. The van der Waals surface area contributed by atoms with E-state index < -0.39 is 0 Å². The molecule has 0 fully saturated rings. The van der Waals surface area contributed by atoms with E-state index >= 15 is 0 Å². The molecule has 0 bridgehead atoms. The number of benzene rings is 2. The minimum Gasteiger partial charge on any atom is -0.399 e. The fraction of sp³-hybridized carbons (Fsp3) is 0. The molecule has 0 spiro atoms. The molecule has 0 unspecified atom stereocenters. The van der Waals surface area contributed by atoms with Crippen molar-refractivity contribution >= 4 is 41.5 Å². The van der Waals surface area contributed by atoms with Gasteiger partial charge in [-0.3, -0.25) is 0 Å². The van der Waals surface area contributed by atoms with Crippen LogP contribution in [0.15, 0.2) is 48.5 Å². The van der Waals surface area contributed by atoms with Crippen LogP contribution in [0.2, 0.25) is 0 Å². The lowest BCUT2D eigenvalue weighted by molar-refractivity contribution is 1.34. The van der Waals surface area contributed by atoms with Gasteiger partial charge in [-0.05, 0) is 36.4 Å². The van der Waals surface area contributed by atoms with E-state index in [4.69, 9.17) is 5.73 Å². The summed E-state index contributed by atoms with van der Waals surface area (Å²) in [6.07, 6.45) is 0. The Balaban J connectivity index is 0.000000810. The zero-order chi connectivity index (χ0) is 11.0. The highest BCUT2D eigenvalue weighted by Gasteiger charge is 2.03. The van der Waals surface area contributed by atoms with Crippen LogP contribution in [-0.4, -0.2) is 9.97 Å². The number of H-pyrrole nitrogens is 1. The van der Waals surface area contributed by atoms with Crippen LogP contribution in [0, 0.1) is 0 Å². The van der Waals surface area contributed by atoms with Gasteiger partial charge in [-0.2, -0.15) is 0 Å². The SMILES string of the molecule is Cl.Cl.Nc1ccc(-c2nc3ccccc3[nH]2)cc1. The summed E-state index contributed by atoms with van der Waals surface area (Å²) in [7, 11) is 0. The molecule has 0 aliphatic heterocycles. The van der Waals surface area contributed by atoms with E-state index in [9.17, 15) is 0 Å². The Kier molecular flexibility index (Phi) is 4.59. The normalized spacial score (nSPS) is 9.56. The summed E-state index contributed by atoms with van der Waals surface area (Å²) >= 11 is 0. The molecule has 3 N–H and O–H groups in total. The lowest BCUT2D eigenvalue weighted by Crippen LogP contribution is -1.84. The number of nitrogens with two attached hydrogens (primary N) is 1. The predicted octanol–water partition coefficient (Wildman–Crippen LogP) is 3.66. The maximum absolute atomic E-state index is 5.65. The standard InChI is InChI=1S/C13H11N3.2ClH/c14-10-7-5-9(6-8-10)13-15-11-3-1-2-4-12(11)16-13;;/h1-8H,14H2,(H,15,16);2*1H. The molecule has 0 aliphatic carbocycles. The minimum absolute atomic E-state index is 0. The largest absolute Gasteiger partial charge is 0.399 e. The van der Waals surface area contributed by atoms with Crippen LogP contribution >= 0.6 is 24.8 Å². The Morgan fingerprint density at radius 2 is 1.56 bits per heavy atom. The third kappa shape index (κ3) is 2.58. The molecule has 3 nitrogen and oxygen atoms in total. The number of anilines is 1. The third-order valence-electron chi connectivity index (χ3n) is 2.57. The number of nitrogen functional groups attached to an aromatic ring is 1. The van der Waals surface area contributed by atoms with Crippen LogP contribution in [0.3, 0.4) is 0 Å². The van der Waals surface area contributed by atoms with Crippen molar-refractivity contribution < 1.29 is 0 Å². The first-order valence-corrected chi connectivity index (χ1v) is 5.13. The van der Waals surface area contributed by atoms with Crippen molar-refractivity contribution in [2.24, 2.45) is 0 Å². The van der Waals surface area contributed by atoms with Gasteiger partial charge in [0.15, 0.2) is 0 Å². The molecule has 3 aromatic rings. The highest BCUT2D eigenvalue weighted by atomic mass is 35.5. The number of nitrogens with zero attached hydrogens (tertiary/aromatic N) is 1. The Morgan fingerprint density at radius 1 is 0.889 bits per heavy atom. The monoisotopic (exact) mass is 281 g/mol. The Bertz CT molecular complexity index is 599. The summed E-state index contributed by atoms with van der Waals surface area (Å²) in [6, 6.07) is 15.7. The van der Waals surface area contributed by atoms with Crippen LogP contribution in [0.4, 0.5) is 5.69 Å². The molecule has 2 aromatic carbocycles. The molecule has 0 radical (unpaired) electrons. The number of imidazole rings is 1. The molecule has 18 heavy (non-hydrogen) atoms. The van der Waals surface area contributed by atoms with Gasteiger partial charge in [0.2, 0.25) is 0 Å². The second-order valence-corrected chi connectivity index (χ2v) is 3.72. The van der Waals surface area contributed by atoms with Crippen molar-refractivity contribution in [3.63, 3.8) is 0 Å².